The lowest BCUT2D eigenvalue weighted by Gasteiger charge is -2.19. The Morgan fingerprint density at radius 3 is 2.83 bits per heavy atom. The minimum atomic E-state index is -0.981. The molecule has 1 heterocycles. The Bertz CT molecular complexity index is 818. The lowest BCUT2D eigenvalue weighted by atomic mass is 9.87. The summed E-state index contributed by atoms with van der Waals surface area (Å²) in [5.41, 5.74) is 1.01. The number of carbonyl (C=O) groups is 2. The van der Waals surface area contributed by atoms with Gasteiger partial charge in [0.2, 0.25) is 5.13 Å². The van der Waals surface area contributed by atoms with Crippen LogP contribution in [-0.4, -0.2) is 27.2 Å². The average Bonchev–Trinajstić information content (AvgIpc) is 3.03. The van der Waals surface area contributed by atoms with Crippen LogP contribution in [0.1, 0.15) is 19.3 Å². The van der Waals surface area contributed by atoms with Crippen LogP contribution in [0.2, 0.25) is 5.02 Å². The van der Waals surface area contributed by atoms with Gasteiger partial charge in [-0.1, -0.05) is 47.2 Å². The van der Waals surface area contributed by atoms with Crippen molar-refractivity contribution in [1.29, 1.82) is 0 Å². The largest absolute Gasteiger partial charge is 0.481 e. The van der Waals surface area contributed by atoms with Crippen LogP contribution in [0.25, 0.3) is 10.6 Å². The van der Waals surface area contributed by atoms with Gasteiger partial charge >= 0.3 is 5.97 Å². The van der Waals surface area contributed by atoms with Crippen LogP contribution in [0.5, 0.6) is 0 Å². The summed E-state index contributed by atoms with van der Waals surface area (Å²) in [5, 5.41) is 21.3. The molecule has 0 bridgehead atoms. The zero-order valence-corrected chi connectivity index (χ0v) is 14.1. The molecule has 8 heteroatoms. The smallest absolute Gasteiger partial charge is 0.311 e. The van der Waals surface area contributed by atoms with E-state index in [9.17, 15) is 14.7 Å². The molecule has 1 unspecified atom stereocenters. The van der Waals surface area contributed by atoms with E-state index >= 15 is 0 Å². The molecule has 0 spiro atoms. The van der Waals surface area contributed by atoms with Gasteiger partial charge in [-0.15, -0.1) is 10.2 Å². The van der Waals surface area contributed by atoms with Gasteiger partial charge in [-0.3, -0.25) is 14.9 Å². The van der Waals surface area contributed by atoms with Crippen molar-refractivity contribution in [3.8, 4) is 10.6 Å². The molecule has 0 fully saturated rings. The lowest BCUT2D eigenvalue weighted by molar-refractivity contribution is -0.141. The van der Waals surface area contributed by atoms with Gasteiger partial charge in [0.05, 0.1) is 10.9 Å². The van der Waals surface area contributed by atoms with Crippen molar-refractivity contribution in [2.45, 2.75) is 19.3 Å². The molecule has 6 nitrogen and oxygen atoms in total. The molecule has 3 rings (SSSR count). The van der Waals surface area contributed by atoms with Crippen LogP contribution in [0.4, 0.5) is 5.13 Å². The summed E-state index contributed by atoms with van der Waals surface area (Å²) in [7, 11) is 0. The van der Waals surface area contributed by atoms with E-state index in [1.165, 1.54) is 11.3 Å². The third kappa shape index (κ3) is 3.47. The summed E-state index contributed by atoms with van der Waals surface area (Å²) in [6.07, 6.45) is 3.62. The summed E-state index contributed by atoms with van der Waals surface area (Å²) in [6.45, 7) is 0. The number of anilines is 1. The monoisotopic (exact) mass is 363 g/mol. The number of rotatable bonds is 4. The van der Waals surface area contributed by atoms with Crippen molar-refractivity contribution >= 4 is 39.9 Å². The standard InChI is InChI=1S/C16H14ClN3O3S/c17-12-8-4-3-7-11(12)14-19-20-16(24-14)18-13(21)9-5-1-2-6-10(9)15(22)23/h3-5,7-8,10H,1-2,6H2,(H,22,23)(H,18,20,21). The maximum atomic E-state index is 12.4. The number of aromatic nitrogens is 2. The SMILES string of the molecule is O=C(Nc1nnc(-c2ccccc2Cl)s1)C1=CCCCC1C(=O)O. The minimum Gasteiger partial charge on any atom is -0.481 e. The van der Waals surface area contributed by atoms with Crippen LogP contribution >= 0.6 is 22.9 Å². The highest BCUT2D eigenvalue weighted by molar-refractivity contribution is 7.18. The van der Waals surface area contributed by atoms with Gasteiger partial charge in [0, 0.05) is 11.1 Å². The first-order chi connectivity index (χ1) is 11.6. The molecule has 1 aromatic heterocycles. The molecular formula is C16H14ClN3O3S. The molecule has 2 aromatic rings. The van der Waals surface area contributed by atoms with Crippen LogP contribution in [0.15, 0.2) is 35.9 Å². The molecule has 1 aliphatic carbocycles. The number of halogens is 1. The number of benzene rings is 1. The zero-order chi connectivity index (χ0) is 17.1. The Labute approximate surface area is 147 Å². The zero-order valence-electron chi connectivity index (χ0n) is 12.5. The molecule has 24 heavy (non-hydrogen) atoms. The van der Waals surface area contributed by atoms with E-state index in [2.05, 4.69) is 15.5 Å². The predicted molar refractivity (Wildman–Crippen MR) is 92.0 cm³/mol. The third-order valence-electron chi connectivity index (χ3n) is 3.75. The van der Waals surface area contributed by atoms with E-state index in [0.29, 0.717) is 28.0 Å². The summed E-state index contributed by atoms with van der Waals surface area (Å²) >= 11 is 7.32. The number of hydrogen-bond acceptors (Lipinski definition) is 5. The van der Waals surface area contributed by atoms with Gasteiger partial charge in [0.25, 0.3) is 5.91 Å². The Morgan fingerprint density at radius 2 is 2.08 bits per heavy atom. The number of carboxylic acids is 1. The van der Waals surface area contributed by atoms with Gasteiger partial charge in [-0.25, -0.2) is 0 Å². The summed E-state index contributed by atoms with van der Waals surface area (Å²) < 4.78 is 0. The van der Waals surface area contributed by atoms with Crippen LogP contribution in [0.3, 0.4) is 0 Å². The molecule has 2 N–H and O–H groups in total. The van der Waals surface area contributed by atoms with E-state index in [1.54, 1.807) is 12.1 Å². The molecule has 0 saturated heterocycles. The quantitative estimate of drug-likeness (QED) is 0.865. The van der Waals surface area contributed by atoms with E-state index in [1.807, 2.05) is 18.2 Å². The Kier molecular flexibility index (Phi) is 4.92. The molecule has 124 valence electrons. The van der Waals surface area contributed by atoms with Crippen molar-refractivity contribution in [2.75, 3.05) is 5.32 Å². The van der Waals surface area contributed by atoms with Gasteiger partial charge in [0.1, 0.15) is 0 Å². The number of allylic oxidation sites excluding steroid dienone is 1. The minimum absolute atomic E-state index is 0.281. The fourth-order valence-corrected chi connectivity index (χ4v) is 3.63. The molecule has 0 saturated carbocycles. The lowest BCUT2D eigenvalue weighted by Crippen LogP contribution is -2.27. The molecule has 1 atom stereocenters. The Balaban J connectivity index is 1.77. The maximum Gasteiger partial charge on any atom is 0.311 e. The summed E-state index contributed by atoms with van der Waals surface area (Å²) in [4.78, 5) is 23.7. The Hall–Kier alpha value is -2.25. The molecule has 1 aliphatic rings. The van der Waals surface area contributed by atoms with E-state index < -0.39 is 17.8 Å². The molecule has 0 radical (unpaired) electrons. The highest BCUT2D eigenvalue weighted by Crippen LogP contribution is 2.32. The third-order valence-corrected chi connectivity index (χ3v) is 4.95. The second-order valence-corrected chi connectivity index (χ2v) is 6.71. The maximum absolute atomic E-state index is 12.4. The number of nitrogens with zero attached hydrogens (tertiary/aromatic N) is 2. The van der Waals surface area contributed by atoms with E-state index in [4.69, 9.17) is 11.6 Å². The van der Waals surface area contributed by atoms with Crippen LogP contribution in [-0.2, 0) is 9.59 Å². The van der Waals surface area contributed by atoms with Crippen LogP contribution in [0, 0.1) is 5.92 Å². The highest BCUT2D eigenvalue weighted by Gasteiger charge is 2.29. The average molecular weight is 364 g/mol. The topological polar surface area (TPSA) is 92.2 Å². The van der Waals surface area contributed by atoms with Crippen molar-refractivity contribution < 1.29 is 14.7 Å². The van der Waals surface area contributed by atoms with Crippen molar-refractivity contribution in [3.05, 3.63) is 40.9 Å². The fraction of sp³-hybridized carbons (Fsp3) is 0.250. The van der Waals surface area contributed by atoms with E-state index in [0.717, 1.165) is 12.0 Å². The number of amides is 1. The number of carboxylic acid groups (broad SMARTS) is 1. The second kappa shape index (κ2) is 7.11. The van der Waals surface area contributed by atoms with Gasteiger partial charge in [-0.05, 0) is 25.3 Å². The normalized spacial score (nSPS) is 17.2. The van der Waals surface area contributed by atoms with Crippen LogP contribution < -0.4 is 5.32 Å². The number of carbonyl (C=O) groups excluding carboxylic acids is 1. The molecule has 0 aliphatic heterocycles. The molecular weight excluding hydrogens is 350 g/mol. The van der Waals surface area contributed by atoms with Gasteiger partial charge in [0.15, 0.2) is 5.01 Å². The van der Waals surface area contributed by atoms with Gasteiger partial charge in [-0.2, -0.15) is 0 Å². The fourth-order valence-electron chi connectivity index (χ4n) is 2.57. The first-order valence-corrected chi connectivity index (χ1v) is 8.58. The number of nitrogens with one attached hydrogen (secondary N) is 1. The number of aliphatic carboxylic acids is 1. The summed E-state index contributed by atoms with van der Waals surface area (Å²) in [5.74, 6) is -2.19. The van der Waals surface area contributed by atoms with Crippen molar-refractivity contribution in [2.24, 2.45) is 5.92 Å². The highest BCUT2D eigenvalue weighted by atomic mass is 35.5. The predicted octanol–water partition coefficient (Wildman–Crippen LogP) is 3.61. The molecule has 1 amide bonds. The summed E-state index contributed by atoms with van der Waals surface area (Å²) in [6, 6.07) is 7.22. The first-order valence-electron chi connectivity index (χ1n) is 7.39. The first kappa shape index (κ1) is 16.6. The van der Waals surface area contributed by atoms with E-state index in [-0.39, 0.29) is 5.57 Å². The van der Waals surface area contributed by atoms with Gasteiger partial charge < -0.3 is 5.11 Å². The Morgan fingerprint density at radius 1 is 1.29 bits per heavy atom. The number of hydrogen-bond donors (Lipinski definition) is 2. The second-order valence-electron chi connectivity index (χ2n) is 5.33. The van der Waals surface area contributed by atoms with Crippen molar-refractivity contribution in [3.63, 3.8) is 0 Å². The van der Waals surface area contributed by atoms with Crippen molar-refractivity contribution in [1.82, 2.24) is 10.2 Å². The molecule has 1 aromatic carbocycles.